The van der Waals surface area contributed by atoms with Crippen LogP contribution in [0.15, 0.2) is 60.8 Å². The quantitative estimate of drug-likeness (QED) is 0.504. The van der Waals surface area contributed by atoms with Gasteiger partial charge in [0.2, 0.25) is 11.5 Å². The van der Waals surface area contributed by atoms with E-state index in [1.54, 1.807) is 25.4 Å². The molecule has 3 aromatic rings. The van der Waals surface area contributed by atoms with Crippen molar-refractivity contribution in [3.8, 4) is 10.8 Å². The Bertz CT molecular complexity index is 1010. The van der Waals surface area contributed by atoms with E-state index >= 15 is 0 Å². The highest BCUT2D eigenvalue weighted by Crippen LogP contribution is 2.32. The van der Waals surface area contributed by atoms with Crippen LogP contribution in [0.3, 0.4) is 0 Å². The summed E-state index contributed by atoms with van der Waals surface area (Å²) in [5.74, 6) is 0.134. The fraction of sp³-hybridized carbons (Fsp3) is 0.182. The van der Waals surface area contributed by atoms with Crippen LogP contribution in [0.1, 0.15) is 12.0 Å². The Kier molecular flexibility index (Phi) is 7.94. The molecule has 6 nitrogen and oxygen atoms in total. The zero-order valence-corrected chi connectivity index (χ0v) is 17.3. The van der Waals surface area contributed by atoms with Crippen molar-refractivity contribution in [2.75, 3.05) is 25.5 Å². The van der Waals surface area contributed by atoms with Gasteiger partial charge in [0.15, 0.2) is 5.13 Å². The number of benzene rings is 2. The molecule has 0 spiro atoms. The van der Waals surface area contributed by atoms with Crippen molar-refractivity contribution in [3.05, 3.63) is 72.2 Å². The summed E-state index contributed by atoms with van der Waals surface area (Å²) in [6.45, 7) is 1.93. The molecule has 1 amide bonds. The number of amides is 1. The van der Waals surface area contributed by atoms with E-state index in [0.717, 1.165) is 30.3 Å². The Morgan fingerprint density at radius 1 is 1.23 bits per heavy atom. The average molecular weight is 427 g/mol. The highest BCUT2D eigenvalue weighted by molar-refractivity contribution is 7.17. The molecular weight excluding hydrogens is 403 g/mol. The number of nitrogens with zero attached hydrogens (tertiary/aromatic N) is 1. The number of hydrogen-bond acceptors (Lipinski definition) is 6. The first-order valence-electron chi connectivity index (χ1n) is 9.45. The van der Waals surface area contributed by atoms with Gasteiger partial charge in [-0.15, -0.1) is 0 Å². The number of thiazole rings is 1. The third kappa shape index (κ3) is 6.40. The Hall–Kier alpha value is -3.23. The molecule has 0 unspecified atom stereocenters. The highest BCUT2D eigenvalue weighted by atomic mass is 32.1. The van der Waals surface area contributed by atoms with Gasteiger partial charge in [0.25, 0.3) is 0 Å². The maximum absolute atomic E-state index is 13.2. The van der Waals surface area contributed by atoms with Crippen molar-refractivity contribution < 1.29 is 13.9 Å². The monoisotopic (exact) mass is 426 g/mol. The lowest BCUT2D eigenvalue weighted by Gasteiger charge is -2.15. The number of carbonyl (C=O) groups is 1. The Balaban J connectivity index is 0.000000589. The number of ether oxygens (including phenoxy) is 1. The molecule has 0 saturated heterocycles. The lowest BCUT2D eigenvalue weighted by Crippen LogP contribution is -2.20. The van der Waals surface area contributed by atoms with Gasteiger partial charge in [0.1, 0.15) is 11.6 Å². The predicted molar refractivity (Wildman–Crippen MR) is 119 cm³/mol. The van der Waals surface area contributed by atoms with Crippen molar-refractivity contribution in [1.29, 1.82) is 0 Å². The molecule has 0 saturated carbocycles. The first-order valence-corrected chi connectivity index (χ1v) is 10.3. The number of nitrogens with one attached hydrogen (secondary N) is 3. The van der Waals surface area contributed by atoms with E-state index in [1.807, 2.05) is 12.1 Å². The van der Waals surface area contributed by atoms with E-state index in [9.17, 15) is 4.39 Å². The molecule has 3 N–H and O–H groups in total. The van der Waals surface area contributed by atoms with Crippen molar-refractivity contribution >= 4 is 34.1 Å². The van der Waals surface area contributed by atoms with E-state index < -0.39 is 0 Å². The van der Waals surface area contributed by atoms with Gasteiger partial charge in [-0.1, -0.05) is 35.6 Å². The summed E-state index contributed by atoms with van der Waals surface area (Å²) in [7, 11) is 1.56. The zero-order chi connectivity index (χ0) is 21.2. The van der Waals surface area contributed by atoms with E-state index in [0.29, 0.717) is 17.2 Å². The van der Waals surface area contributed by atoms with Crippen LogP contribution in [0.2, 0.25) is 0 Å². The second kappa shape index (κ2) is 11.1. The molecule has 0 bridgehead atoms. The van der Waals surface area contributed by atoms with Gasteiger partial charge >= 0.3 is 0 Å². The second-order valence-electron chi connectivity index (χ2n) is 6.34. The lowest BCUT2D eigenvalue weighted by atomic mass is 10.00. The normalized spacial score (nSPS) is 12.8. The molecular formula is C22H23FN4O2S. The minimum atomic E-state index is -0.325. The van der Waals surface area contributed by atoms with Gasteiger partial charge in [0, 0.05) is 25.3 Å². The standard InChI is InChI=1S/C20H18FN3OS.C2H5NO/c21-16-4-2-6-18(12-16)25-19-13-23-20(26-19)24-17-5-1-3-15(11-17)14-7-9-22-10-8-14;1-3-2-4/h1-7,11-13,22H,8-10H2,(H,23,24);2H,1H3,(H,3,4). The van der Waals surface area contributed by atoms with Crippen molar-refractivity contribution in [1.82, 2.24) is 15.6 Å². The van der Waals surface area contributed by atoms with E-state index in [1.165, 1.54) is 34.6 Å². The lowest BCUT2D eigenvalue weighted by molar-refractivity contribution is -0.109. The predicted octanol–water partition coefficient (Wildman–Crippen LogP) is 4.56. The summed E-state index contributed by atoms with van der Waals surface area (Å²) in [6, 6.07) is 14.4. The summed E-state index contributed by atoms with van der Waals surface area (Å²) < 4.78 is 18.9. The Labute approximate surface area is 178 Å². The van der Waals surface area contributed by atoms with Crippen molar-refractivity contribution in [2.45, 2.75) is 6.42 Å². The average Bonchev–Trinajstić information content (AvgIpc) is 3.21. The fourth-order valence-electron chi connectivity index (χ4n) is 2.82. The van der Waals surface area contributed by atoms with E-state index in [4.69, 9.17) is 9.53 Å². The van der Waals surface area contributed by atoms with Crippen LogP contribution in [0.4, 0.5) is 15.2 Å². The van der Waals surface area contributed by atoms with Crippen LogP contribution >= 0.6 is 11.3 Å². The summed E-state index contributed by atoms with van der Waals surface area (Å²) in [5.41, 5.74) is 3.57. The molecule has 1 aliphatic heterocycles. The molecule has 1 aliphatic rings. The molecule has 2 heterocycles. The number of anilines is 2. The molecule has 0 atom stereocenters. The smallest absolute Gasteiger partial charge is 0.206 e. The second-order valence-corrected chi connectivity index (χ2v) is 7.33. The summed E-state index contributed by atoms with van der Waals surface area (Å²) in [4.78, 5) is 13.4. The number of halogens is 1. The SMILES string of the molecule is CNC=O.Fc1cccc(Oc2cnc(Nc3cccc(C4=CCNCC4)c3)s2)c1. The van der Waals surface area contributed by atoms with Crippen LogP contribution in [0.25, 0.3) is 5.57 Å². The topological polar surface area (TPSA) is 75.3 Å². The maximum atomic E-state index is 13.2. The largest absolute Gasteiger partial charge is 0.445 e. The first-order chi connectivity index (χ1) is 14.7. The molecule has 0 fully saturated rings. The summed E-state index contributed by atoms with van der Waals surface area (Å²) >= 11 is 1.38. The fourth-order valence-corrected chi connectivity index (χ4v) is 3.52. The minimum Gasteiger partial charge on any atom is -0.445 e. The van der Waals surface area contributed by atoms with Crippen LogP contribution in [0, 0.1) is 5.82 Å². The summed E-state index contributed by atoms with van der Waals surface area (Å²) in [5, 5.41) is 10.2. The van der Waals surface area contributed by atoms with E-state index in [2.05, 4.69) is 39.1 Å². The van der Waals surface area contributed by atoms with Crippen molar-refractivity contribution in [3.63, 3.8) is 0 Å². The van der Waals surface area contributed by atoms with E-state index in [-0.39, 0.29) is 5.82 Å². The molecule has 2 aromatic carbocycles. The Morgan fingerprint density at radius 3 is 2.80 bits per heavy atom. The van der Waals surface area contributed by atoms with Crippen LogP contribution in [-0.4, -0.2) is 31.5 Å². The highest BCUT2D eigenvalue weighted by Gasteiger charge is 2.08. The number of carbonyl (C=O) groups excluding carboxylic acids is 1. The van der Waals surface area contributed by atoms with Gasteiger partial charge in [-0.2, -0.15) is 0 Å². The van der Waals surface area contributed by atoms with Gasteiger partial charge in [-0.3, -0.25) is 4.79 Å². The zero-order valence-electron chi connectivity index (χ0n) is 16.5. The van der Waals surface area contributed by atoms with Crippen LogP contribution in [0.5, 0.6) is 10.8 Å². The van der Waals surface area contributed by atoms with Gasteiger partial charge < -0.3 is 20.7 Å². The van der Waals surface area contributed by atoms with Gasteiger partial charge in [-0.25, -0.2) is 9.37 Å². The molecule has 0 radical (unpaired) electrons. The maximum Gasteiger partial charge on any atom is 0.206 e. The Morgan fingerprint density at radius 2 is 2.07 bits per heavy atom. The molecule has 0 aliphatic carbocycles. The number of hydrogen-bond donors (Lipinski definition) is 3. The molecule has 156 valence electrons. The third-order valence-corrected chi connectivity index (χ3v) is 4.96. The third-order valence-electron chi connectivity index (χ3n) is 4.17. The van der Waals surface area contributed by atoms with Gasteiger partial charge in [-0.05, 0) is 48.4 Å². The molecule has 4 rings (SSSR count). The minimum absolute atomic E-state index is 0.325. The molecule has 30 heavy (non-hydrogen) atoms. The summed E-state index contributed by atoms with van der Waals surface area (Å²) in [6.07, 6.45) is 5.53. The molecule has 1 aromatic heterocycles. The van der Waals surface area contributed by atoms with Crippen LogP contribution in [-0.2, 0) is 4.79 Å². The van der Waals surface area contributed by atoms with Crippen molar-refractivity contribution in [2.24, 2.45) is 0 Å². The van der Waals surface area contributed by atoms with Crippen LogP contribution < -0.4 is 20.7 Å². The molecule has 8 heteroatoms. The number of rotatable bonds is 6. The first kappa shape index (κ1) is 21.5. The van der Waals surface area contributed by atoms with Gasteiger partial charge in [0.05, 0.1) is 6.20 Å². The number of aromatic nitrogens is 1.